The summed E-state index contributed by atoms with van der Waals surface area (Å²) in [6.07, 6.45) is 13.5. The van der Waals surface area contributed by atoms with Gasteiger partial charge in [-0.2, -0.15) is 0 Å². The summed E-state index contributed by atoms with van der Waals surface area (Å²) in [5.74, 6) is 0.283. The second kappa shape index (κ2) is 8.66. The molecule has 21 heavy (non-hydrogen) atoms. The number of fused-ring (bicyclic) bond motifs is 1. The molecular weight excluding hydrogens is 258 g/mol. The molecule has 0 spiro atoms. The molecule has 1 N–H and O–H groups in total. The van der Waals surface area contributed by atoms with Gasteiger partial charge in [0.25, 0.3) is 0 Å². The minimum absolute atomic E-state index is 0.283. The Morgan fingerprint density at radius 2 is 1.62 bits per heavy atom. The second-order valence-electron chi connectivity index (χ2n) is 5.87. The van der Waals surface area contributed by atoms with Crippen molar-refractivity contribution in [1.29, 1.82) is 0 Å². The summed E-state index contributed by atoms with van der Waals surface area (Å²) in [5, 5.41) is 10.9. The Kier molecular flexibility index (Phi) is 6.52. The van der Waals surface area contributed by atoms with Crippen molar-refractivity contribution in [2.75, 3.05) is 0 Å². The van der Waals surface area contributed by atoms with Gasteiger partial charge in [0, 0.05) is 11.6 Å². The van der Waals surface area contributed by atoms with Crippen LogP contribution < -0.4 is 0 Å². The van der Waals surface area contributed by atoms with E-state index in [1.807, 2.05) is 12.1 Å². The van der Waals surface area contributed by atoms with Crippen LogP contribution in [0.2, 0.25) is 0 Å². The van der Waals surface area contributed by atoms with Crippen LogP contribution in [-0.4, -0.2) is 10.1 Å². The zero-order valence-electron chi connectivity index (χ0n) is 13.1. The standard InChI is InChI=1S/C19H27NO/c1-2-3-4-5-6-7-8-9-11-16-13-14-18(21)19-17(16)12-10-15-20-19/h10,12-15,21H,2-9,11H2,1H3. The van der Waals surface area contributed by atoms with Crippen molar-refractivity contribution in [2.45, 2.75) is 64.7 Å². The molecule has 114 valence electrons. The Balaban J connectivity index is 1.78. The van der Waals surface area contributed by atoms with E-state index < -0.39 is 0 Å². The van der Waals surface area contributed by atoms with Crippen molar-refractivity contribution in [3.63, 3.8) is 0 Å². The maximum Gasteiger partial charge on any atom is 0.141 e. The van der Waals surface area contributed by atoms with Crippen LogP contribution in [0.25, 0.3) is 10.9 Å². The van der Waals surface area contributed by atoms with Gasteiger partial charge < -0.3 is 5.11 Å². The number of unbranched alkanes of at least 4 members (excludes halogenated alkanes) is 7. The van der Waals surface area contributed by atoms with Crippen LogP contribution in [-0.2, 0) is 6.42 Å². The largest absolute Gasteiger partial charge is 0.506 e. The molecule has 0 bridgehead atoms. The van der Waals surface area contributed by atoms with Gasteiger partial charge in [-0.25, -0.2) is 0 Å². The van der Waals surface area contributed by atoms with Crippen molar-refractivity contribution < 1.29 is 5.11 Å². The van der Waals surface area contributed by atoms with Crippen LogP contribution >= 0.6 is 0 Å². The summed E-state index contributed by atoms with van der Waals surface area (Å²) < 4.78 is 0. The Morgan fingerprint density at radius 1 is 0.905 bits per heavy atom. The zero-order valence-corrected chi connectivity index (χ0v) is 13.1. The predicted molar refractivity (Wildman–Crippen MR) is 89.7 cm³/mol. The van der Waals surface area contributed by atoms with E-state index in [0.29, 0.717) is 0 Å². The zero-order chi connectivity index (χ0) is 14.9. The number of phenolic OH excluding ortho intramolecular Hbond substituents is 1. The molecule has 0 radical (unpaired) electrons. The van der Waals surface area contributed by atoms with E-state index in [9.17, 15) is 5.11 Å². The average molecular weight is 285 g/mol. The lowest BCUT2D eigenvalue weighted by Crippen LogP contribution is -1.90. The maximum absolute atomic E-state index is 9.85. The van der Waals surface area contributed by atoms with Crippen molar-refractivity contribution in [1.82, 2.24) is 4.98 Å². The first-order chi connectivity index (χ1) is 10.3. The smallest absolute Gasteiger partial charge is 0.141 e. The SMILES string of the molecule is CCCCCCCCCCc1ccc(O)c2ncccc12. The van der Waals surface area contributed by atoms with E-state index >= 15 is 0 Å². The third-order valence-electron chi connectivity index (χ3n) is 4.14. The van der Waals surface area contributed by atoms with Gasteiger partial charge in [0.2, 0.25) is 0 Å². The number of rotatable bonds is 9. The summed E-state index contributed by atoms with van der Waals surface area (Å²) in [4.78, 5) is 4.28. The molecular formula is C19H27NO. The van der Waals surface area contributed by atoms with Gasteiger partial charge in [-0.1, -0.05) is 64.0 Å². The van der Waals surface area contributed by atoms with Crippen LogP contribution in [0.4, 0.5) is 0 Å². The molecule has 0 fully saturated rings. The molecule has 0 unspecified atom stereocenters. The summed E-state index contributed by atoms with van der Waals surface area (Å²) in [5.41, 5.74) is 2.04. The van der Waals surface area contributed by atoms with E-state index in [-0.39, 0.29) is 5.75 Å². The Bertz CT molecular complexity index is 550. The lowest BCUT2D eigenvalue weighted by Gasteiger charge is -2.07. The van der Waals surface area contributed by atoms with Gasteiger partial charge in [-0.15, -0.1) is 0 Å². The molecule has 2 heteroatoms. The van der Waals surface area contributed by atoms with Gasteiger partial charge >= 0.3 is 0 Å². The fraction of sp³-hybridized carbons (Fsp3) is 0.526. The highest BCUT2D eigenvalue weighted by atomic mass is 16.3. The monoisotopic (exact) mass is 285 g/mol. The van der Waals surface area contributed by atoms with Crippen molar-refractivity contribution in [3.05, 3.63) is 36.0 Å². The highest BCUT2D eigenvalue weighted by molar-refractivity contribution is 5.87. The molecule has 1 heterocycles. The lowest BCUT2D eigenvalue weighted by molar-refractivity contribution is 0.480. The predicted octanol–water partition coefficient (Wildman–Crippen LogP) is 5.62. The van der Waals surface area contributed by atoms with Crippen molar-refractivity contribution in [3.8, 4) is 5.75 Å². The average Bonchev–Trinajstić information content (AvgIpc) is 2.52. The number of benzene rings is 1. The van der Waals surface area contributed by atoms with Crippen molar-refractivity contribution in [2.24, 2.45) is 0 Å². The summed E-state index contributed by atoms with van der Waals surface area (Å²) in [6.45, 7) is 2.26. The maximum atomic E-state index is 9.85. The topological polar surface area (TPSA) is 33.1 Å². The van der Waals surface area contributed by atoms with Crippen LogP contribution in [0.5, 0.6) is 5.75 Å². The molecule has 0 aliphatic heterocycles. The van der Waals surface area contributed by atoms with Crippen LogP contribution in [0, 0.1) is 0 Å². The number of aryl methyl sites for hydroxylation is 1. The number of hydrogen-bond donors (Lipinski definition) is 1. The Morgan fingerprint density at radius 3 is 2.38 bits per heavy atom. The molecule has 0 atom stereocenters. The van der Waals surface area contributed by atoms with E-state index in [0.717, 1.165) is 17.3 Å². The van der Waals surface area contributed by atoms with Crippen LogP contribution in [0.15, 0.2) is 30.5 Å². The molecule has 2 rings (SSSR count). The van der Waals surface area contributed by atoms with Gasteiger partial charge in [0.15, 0.2) is 0 Å². The van der Waals surface area contributed by atoms with E-state index in [2.05, 4.69) is 18.0 Å². The molecule has 0 aliphatic rings. The molecule has 1 aromatic carbocycles. The lowest BCUT2D eigenvalue weighted by atomic mass is 10.0. The molecule has 0 amide bonds. The minimum atomic E-state index is 0.283. The summed E-state index contributed by atoms with van der Waals surface area (Å²) in [6, 6.07) is 7.82. The quantitative estimate of drug-likeness (QED) is 0.606. The van der Waals surface area contributed by atoms with E-state index in [1.165, 1.54) is 56.9 Å². The normalized spacial score (nSPS) is 11.1. The third-order valence-corrected chi connectivity index (χ3v) is 4.14. The number of hydrogen-bond acceptors (Lipinski definition) is 2. The highest BCUT2D eigenvalue weighted by Crippen LogP contribution is 2.26. The summed E-state index contributed by atoms with van der Waals surface area (Å²) >= 11 is 0. The molecule has 0 saturated carbocycles. The fourth-order valence-electron chi connectivity index (χ4n) is 2.88. The molecule has 0 saturated heterocycles. The number of aromatic nitrogens is 1. The van der Waals surface area contributed by atoms with Gasteiger partial charge in [0.05, 0.1) is 0 Å². The number of pyridine rings is 1. The van der Waals surface area contributed by atoms with E-state index in [4.69, 9.17) is 0 Å². The Labute approximate surface area is 128 Å². The van der Waals surface area contributed by atoms with Crippen LogP contribution in [0.1, 0.15) is 63.9 Å². The third kappa shape index (κ3) is 4.73. The number of aromatic hydroxyl groups is 1. The fourth-order valence-corrected chi connectivity index (χ4v) is 2.88. The van der Waals surface area contributed by atoms with Gasteiger partial charge in [-0.3, -0.25) is 4.98 Å². The first kappa shape index (κ1) is 15.8. The summed E-state index contributed by atoms with van der Waals surface area (Å²) in [7, 11) is 0. The highest BCUT2D eigenvalue weighted by Gasteiger charge is 2.05. The Hall–Kier alpha value is -1.57. The number of phenols is 1. The first-order valence-corrected chi connectivity index (χ1v) is 8.38. The number of nitrogens with zero attached hydrogens (tertiary/aromatic N) is 1. The van der Waals surface area contributed by atoms with Crippen molar-refractivity contribution >= 4 is 10.9 Å². The minimum Gasteiger partial charge on any atom is -0.506 e. The molecule has 2 aromatic rings. The first-order valence-electron chi connectivity index (χ1n) is 8.38. The van der Waals surface area contributed by atoms with Gasteiger partial charge in [0.1, 0.15) is 11.3 Å². The van der Waals surface area contributed by atoms with Crippen LogP contribution in [0.3, 0.4) is 0 Å². The molecule has 0 aliphatic carbocycles. The second-order valence-corrected chi connectivity index (χ2v) is 5.87. The molecule has 1 aromatic heterocycles. The molecule has 2 nitrogen and oxygen atoms in total. The van der Waals surface area contributed by atoms with E-state index in [1.54, 1.807) is 12.3 Å². The van der Waals surface area contributed by atoms with Gasteiger partial charge in [-0.05, 0) is 30.5 Å².